The quantitative estimate of drug-likeness (QED) is 0.117. The van der Waals surface area contributed by atoms with Crippen LogP contribution in [0.25, 0.3) is 0 Å². The number of hydrogen-bond donors (Lipinski definition) is 6. The molecule has 4 aliphatic rings. The molecule has 2 fully saturated rings. The van der Waals surface area contributed by atoms with Crippen LogP contribution >= 0.6 is 0 Å². The zero-order valence-electron chi connectivity index (χ0n) is 39.1. The Morgan fingerprint density at radius 1 is 0.606 bits per heavy atom. The van der Waals surface area contributed by atoms with Gasteiger partial charge in [0.25, 0.3) is 0 Å². The molecule has 3 aromatic rings. The first kappa shape index (κ1) is 48.3. The Labute approximate surface area is 388 Å². The van der Waals surface area contributed by atoms with Gasteiger partial charge in [-0.3, -0.25) is 28.8 Å². The molecular formula is C51H68N8O7. The van der Waals surface area contributed by atoms with Gasteiger partial charge in [-0.1, -0.05) is 72.8 Å². The zero-order valence-corrected chi connectivity index (χ0v) is 39.1. The highest BCUT2D eigenvalue weighted by atomic mass is 16.5. The van der Waals surface area contributed by atoms with Crippen molar-refractivity contribution in [3.8, 4) is 0 Å². The number of aryl methyl sites for hydroxylation is 2. The molecule has 9 atom stereocenters. The van der Waals surface area contributed by atoms with Crippen molar-refractivity contribution < 1.29 is 33.5 Å². The Bertz CT molecular complexity index is 2220. The number of likely N-dealkylation sites (N-methyl/N-ethyl adjacent to an activating group) is 2. The molecule has 2 saturated heterocycles. The van der Waals surface area contributed by atoms with E-state index in [0.717, 1.165) is 55.2 Å². The van der Waals surface area contributed by atoms with Gasteiger partial charge in [-0.25, -0.2) is 0 Å². The predicted octanol–water partition coefficient (Wildman–Crippen LogP) is 3.82. The number of likely N-dealkylation sites (tertiary alicyclic amines) is 2. The van der Waals surface area contributed by atoms with Crippen molar-refractivity contribution in [2.75, 3.05) is 27.2 Å². The fourth-order valence-corrected chi connectivity index (χ4v) is 9.90. The standard InChI is InChI=1S/C51H68N8O7/c1-31(52-4)46(60)56-44(50(64)58-28-12-22-42(58)48(62)54-40-20-10-16-35-14-6-8-18-38(35)40)33(3)66-30-34-24-26-37(27-25-34)45(57-47(61)32(2)53-5)51(65)59-29-13-23-43(59)49(63)55-41-21-11-17-36-15-7-9-19-39(36)41/h6-9,14-15,18-19,24-27,31-33,40-45,52-53H,10-13,16-17,20-23,28-30H2,1-5H3,(H,54,62)(H,55,63)(H,56,60)(H,57,61)/t31-,32-,33+,40+,41+,42-,43-,44-,45-/m0/s1. The van der Waals surface area contributed by atoms with Crippen molar-refractivity contribution >= 4 is 35.4 Å². The van der Waals surface area contributed by atoms with E-state index in [0.29, 0.717) is 44.3 Å². The Morgan fingerprint density at radius 2 is 1.09 bits per heavy atom. The topological polar surface area (TPSA) is 190 Å². The Hall–Kier alpha value is -5.64. The van der Waals surface area contributed by atoms with Gasteiger partial charge in [0.05, 0.1) is 36.9 Å². The number of carbonyl (C=O) groups is 6. The number of carbonyl (C=O) groups excluding carboxylic acids is 6. The molecule has 0 unspecified atom stereocenters. The maximum absolute atomic E-state index is 14.5. The van der Waals surface area contributed by atoms with E-state index >= 15 is 0 Å². The van der Waals surface area contributed by atoms with Crippen molar-refractivity contribution in [1.82, 2.24) is 41.7 Å². The summed E-state index contributed by atoms with van der Waals surface area (Å²) in [4.78, 5) is 86.5. The average Bonchev–Trinajstić information content (AvgIpc) is 4.05. The third-order valence-electron chi connectivity index (χ3n) is 14.1. The number of rotatable bonds is 17. The van der Waals surface area contributed by atoms with Crippen LogP contribution in [0.15, 0.2) is 72.8 Å². The predicted molar refractivity (Wildman–Crippen MR) is 251 cm³/mol. The lowest BCUT2D eigenvalue weighted by molar-refractivity contribution is -0.145. The number of nitrogens with one attached hydrogen (secondary N) is 6. The number of amides is 6. The highest BCUT2D eigenvalue weighted by Crippen LogP contribution is 2.33. The second kappa shape index (κ2) is 22.2. The van der Waals surface area contributed by atoms with Gasteiger partial charge in [0.15, 0.2) is 0 Å². The number of ether oxygens (including phenoxy) is 1. The minimum Gasteiger partial charge on any atom is -0.371 e. The van der Waals surface area contributed by atoms with E-state index < -0.39 is 42.4 Å². The Kier molecular flexibility index (Phi) is 16.3. The molecule has 0 radical (unpaired) electrons. The third kappa shape index (κ3) is 11.1. The van der Waals surface area contributed by atoms with Gasteiger partial charge in [0.1, 0.15) is 24.2 Å². The largest absolute Gasteiger partial charge is 0.371 e. The maximum Gasteiger partial charge on any atom is 0.250 e. The van der Waals surface area contributed by atoms with E-state index in [4.69, 9.17) is 4.74 Å². The average molecular weight is 905 g/mol. The molecule has 15 heteroatoms. The molecule has 0 aromatic heterocycles. The molecule has 354 valence electrons. The second-order valence-corrected chi connectivity index (χ2v) is 18.4. The van der Waals surface area contributed by atoms with Crippen LogP contribution < -0.4 is 31.9 Å². The molecule has 2 aliphatic carbocycles. The van der Waals surface area contributed by atoms with Gasteiger partial charge >= 0.3 is 0 Å². The summed E-state index contributed by atoms with van der Waals surface area (Å²) in [6.45, 7) is 5.97. The molecule has 0 saturated carbocycles. The summed E-state index contributed by atoms with van der Waals surface area (Å²) in [6, 6.07) is 18.5. The van der Waals surface area contributed by atoms with Crippen molar-refractivity contribution in [3.05, 3.63) is 106 Å². The second-order valence-electron chi connectivity index (χ2n) is 18.4. The van der Waals surface area contributed by atoms with E-state index in [1.807, 2.05) is 24.3 Å². The normalized spacial score (nSPS) is 22.4. The SMILES string of the molecule is CN[C@@H](C)C(=O)N[C@H](C(=O)N1CCC[C@H]1C(=O)N[C@@H]1CCCc2ccccc21)c1ccc(CO[C@H](C)[C@H](NC(=O)[C@H](C)NC)C(=O)N2CCC[C@H]2C(=O)N[C@@H]2CCCc3ccccc32)cc1. The minimum atomic E-state index is -1.08. The number of nitrogens with zero attached hydrogens (tertiary/aromatic N) is 2. The van der Waals surface area contributed by atoms with Gasteiger partial charge < -0.3 is 46.4 Å². The van der Waals surface area contributed by atoms with Crippen LogP contribution in [0, 0.1) is 0 Å². The first-order valence-corrected chi connectivity index (χ1v) is 23.9. The van der Waals surface area contributed by atoms with E-state index in [1.165, 1.54) is 11.1 Å². The van der Waals surface area contributed by atoms with Crippen molar-refractivity contribution in [1.29, 1.82) is 0 Å². The molecule has 2 heterocycles. The first-order valence-electron chi connectivity index (χ1n) is 23.9. The van der Waals surface area contributed by atoms with Crippen LogP contribution in [-0.2, 0) is 53.0 Å². The molecule has 3 aromatic carbocycles. The van der Waals surface area contributed by atoms with Crippen molar-refractivity contribution in [2.45, 2.75) is 146 Å². The van der Waals surface area contributed by atoms with Crippen molar-refractivity contribution in [3.63, 3.8) is 0 Å². The maximum atomic E-state index is 14.5. The smallest absolute Gasteiger partial charge is 0.250 e. The van der Waals surface area contributed by atoms with Gasteiger partial charge in [-0.15, -0.1) is 0 Å². The Balaban J connectivity index is 1.03. The van der Waals surface area contributed by atoms with Crippen LogP contribution in [0.3, 0.4) is 0 Å². The fourth-order valence-electron chi connectivity index (χ4n) is 9.90. The Morgan fingerprint density at radius 3 is 1.61 bits per heavy atom. The van der Waals surface area contributed by atoms with Crippen LogP contribution in [-0.4, -0.2) is 109 Å². The fraction of sp³-hybridized carbons (Fsp3) is 0.529. The minimum absolute atomic E-state index is 0.0636. The van der Waals surface area contributed by atoms with Gasteiger partial charge in [0.2, 0.25) is 35.4 Å². The van der Waals surface area contributed by atoms with Gasteiger partial charge in [-0.2, -0.15) is 0 Å². The van der Waals surface area contributed by atoms with Crippen LogP contribution in [0.1, 0.15) is 124 Å². The number of fused-ring (bicyclic) bond motifs is 2. The summed E-state index contributed by atoms with van der Waals surface area (Å²) in [6.07, 6.45) is 7.07. The van der Waals surface area contributed by atoms with Crippen LogP contribution in [0.4, 0.5) is 0 Å². The molecule has 6 amide bonds. The molecular weight excluding hydrogens is 837 g/mol. The van der Waals surface area contributed by atoms with Crippen molar-refractivity contribution in [2.24, 2.45) is 0 Å². The first-order chi connectivity index (χ1) is 31.9. The monoisotopic (exact) mass is 905 g/mol. The molecule has 66 heavy (non-hydrogen) atoms. The lowest BCUT2D eigenvalue weighted by atomic mass is 9.87. The molecule has 0 bridgehead atoms. The highest BCUT2D eigenvalue weighted by Gasteiger charge is 2.42. The summed E-state index contributed by atoms with van der Waals surface area (Å²) in [5, 5.41) is 18.2. The molecule has 15 nitrogen and oxygen atoms in total. The molecule has 0 spiro atoms. The number of benzene rings is 3. The molecule has 7 rings (SSSR count). The lowest BCUT2D eigenvalue weighted by Gasteiger charge is -2.33. The summed E-state index contributed by atoms with van der Waals surface area (Å²) in [5.41, 5.74) is 5.96. The lowest BCUT2D eigenvalue weighted by Crippen LogP contribution is -2.59. The van der Waals surface area contributed by atoms with E-state index in [9.17, 15) is 28.8 Å². The summed E-state index contributed by atoms with van der Waals surface area (Å²) in [5.74, 6) is -1.89. The van der Waals surface area contributed by atoms with E-state index in [2.05, 4.69) is 56.2 Å². The van der Waals surface area contributed by atoms with Gasteiger partial charge in [-0.05, 0) is 132 Å². The number of hydrogen-bond acceptors (Lipinski definition) is 9. The third-order valence-corrected chi connectivity index (χ3v) is 14.1. The van der Waals surface area contributed by atoms with Gasteiger partial charge in [0, 0.05) is 13.1 Å². The molecule has 2 aliphatic heterocycles. The summed E-state index contributed by atoms with van der Waals surface area (Å²) in [7, 11) is 3.33. The van der Waals surface area contributed by atoms with E-state index in [1.54, 1.807) is 68.9 Å². The highest BCUT2D eigenvalue weighted by molar-refractivity contribution is 5.95. The zero-order chi connectivity index (χ0) is 46.9. The summed E-state index contributed by atoms with van der Waals surface area (Å²) >= 11 is 0. The van der Waals surface area contributed by atoms with Crippen LogP contribution in [0.5, 0.6) is 0 Å². The van der Waals surface area contributed by atoms with Crippen LogP contribution in [0.2, 0.25) is 0 Å². The molecule has 6 N–H and O–H groups in total. The van der Waals surface area contributed by atoms with E-state index in [-0.39, 0.29) is 54.1 Å². The summed E-state index contributed by atoms with van der Waals surface area (Å²) < 4.78 is 6.33.